The van der Waals surface area contributed by atoms with Crippen LogP contribution in [0.3, 0.4) is 0 Å². The van der Waals surface area contributed by atoms with Gasteiger partial charge in [-0.05, 0) is 37.5 Å². The second-order valence-corrected chi connectivity index (χ2v) is 4.50. The van der Waals surface area contributed by atoms with Gasteiger partial charge in [0.1, 0.15) is 18.7 Å². The summed E-state index contributed by atoms with van der Waals surface area (Å²) in [5, 5.41) is 13.3. The maximum atomic E-state index is 9.16. The van der Waals surface area contributed by atoms with Crippen molar-refractivity contribution in [2.75, 3.05) is 0 Å². The Bertz CT molecular complexity index is 541. The van der Waals surface area contributed by atoms with Gasteiger partial charge in [-0.2, -0.15) is 5.10 Å². The summed E-state index contributed by atoms with van der Waals surface area (Å²) in [6.45, 7) is 7.20. The molecular formula is C14H19N3O2. The minimum Gasteiger partial charge on any atom is -0.485 e. The van der Waals surface area contributed by atoms with Gasteiger partial charge in [-0.1, -0.05) is 12.1 Å². The van der Waals surface area contributed by atoms with E-state index in [-0.39, 0.29) is 6.61 Å². The minimum atomic E-state index is 0.0477. The molecule has 1 aromatic carbocycles. The third kappa shape index (κ3) is 2.93. The van der Waals surface area contributed by atoms with Gasteiger partial charge in [0.25, 0.3) is 0 Å². The van der Waals surface area contributed by atoms with Gasteiger partial charge in [0.2, 0.25) is 0 Å². The van der Waals surface area contributed by atoms with E-state index < -0.39 is 0 Å². The van der Waals surface area contributed by atoms with Crippen LogP contribution in [0.1, 0.15) is 29.4 Å². The highest BCUT2D eigenvalue weighted by Gasteiger charge is 2.09. The van der Waals surface area contributed by atoms with Gasteiger partial charge in [-0.3, -0.25) is 0 Å². The highest BCUT2D eigenvalue weighted by atomic mass is 16.5. The summed E-state index contributed by atoms with van der Waals surface area (Å²) in [5.41, 5.74) is 2.94. The molecule has 0 unspecified atom stereocenters. The van der Waals surface area contributed by atoms with Gasteiger partial charge >= 0.3 is 0 Å². The molecule has 0 atom stereocenters. The molecule has 0 fully saturated rings. The van der Waals surface area contributed by atoms with Crippen LogP contribution in [0.5, 0.6) is 5.75 Å². The fraction of sp³-hybridized carbons (Fsp3) is 0.429. The maximum Gasteiger partial charge on any atom is 0.164 e. The summed E-state index contributed by atoms with van der Waals surface area (Å²) in [6, 6.07) is 3.87. The Balaban J connectivity index is 2.16. The molecule has 0 radical (unpaired) electrons. The predicted octanol–water partition coefficient (Wildman–Crippen LogP) is 1.99. The number of aromatic nitrogens is 3. The standard InChI is InChI=1S/C14H19N3O2/c1-4-17-13(15-9-16-17)8-19-14-10(2)5-12(7-18)6-11(14)3/h5-6,9,18H,4,7-8H2,1-3H3. The van der Waals surface area contributed by atoms with Crippen molar-refractivity contribution in [2.24, 2.45) is 0 Å². The van der Waals surface area contributed by atoms with E-state index in [2.05, 4.69) is 10.1 Å². The average molecular weight is 261 g/mol. The molecule has 1 N–H and O–H groups in total. The van der Waals surface area contributed by atoms with Gasteiger partial charge < -0.3 is 9.84 Å². The first-order valence-corrected chi connectivity index (χ1v) is 6.36. The van der Waals surface area contributed by atoms with E-state index in [9.17, 15) is 0 Å². The molecule has 1 aromatic heterocycles. The normalized spacial score (nSPS) is 10.7. The number of aliphatic hydroxyl groups is 1. The zero-order valence-electron chi connectivity index (χ0n) is 11.6. The molecule has 0 saturated heterocycles. The van der Waals surface area contributed by atoms with Crippen LogP contribution in [-0.2, 0) is 19.8 Å². The van der Waals surface area contributed by atoms with Gasteiger partial charge in [0, 0.05) is 6.54 Å². The summed E-state index contributed by atoms with van der Waals surface area (Å²) < 4.78 is 7.66. The van der Waals surface area contributed by atoms with E-state index in [4.69, 9.17) is 9.84 Å². The van der Waals surface area contributed by atoms with E-state index in [1.54, 1.807) is 0 Å². The van der Waals surface area contributed by atoms with Crippen LogP contribution in [-0.4, -0.2) is 19.9 Å². The van der Waals surface area contributed by atoms with Gasteiger partial charge in [0.15, 0.2) is 5.82 Å². The van der Waals surface area contributed by atoms with Gasteiger partial charge in [-0.15, -0.1) is 0 Å². The molecule has 102 valence electrons. The predicted molar refractivity (Wildman–Crippen MR) is 71.9 cm³/mol. The number of aryl methyl sites for hydroxylation is 3. The first kappa shape index (κ1) is 13.5. The van der Waals surface area contributed by atoms with E-state index in [1.807, 2.05) is 37.6 Å². The number of nitrogens with zero attached hydrogens (tertiary/aromatic N) is 3. The van der Waals surface area contributed by atoms with Crippen molar-refractivity contribution < 1.29 is 9.84 Å². The number of hydrogen-bond donors (Lipinski definition) is 1. The van der Waals surface area contributed by atoms with Crippen LogP contribution in [0.4, 0.5) is 0 Å². The van der Waals surface area contributed by atoms with Crippen LogP contribution in [0, 0.1) is 13.8 Å². The molecule has 1 heterocycles. The third-order valence-electron chi connectivity index (χ3n) is 3.04. The second-order valence-electron chi connectivity index (χ2n) is 4.50. The quantitative estimate of drug-likeness (QED) is 0.894. The summed E-state index contributed by atoms with van der Waals surface area (Å²) in [5.74, 6) is 1.66. The first-order chi connectivity index (χ1) is 9.15. The summed E-state index contributed by atoms with van der Waals surface area (Å²) in [6.07, 6.45) is 1.54. The van der Waals surface area contributed by atoms with E-state index in [0.29, 0.717) is 6.61 Å². The molecule has 0 aliphatic heterocycles. The monoisotopic (exact) mass is 261 g/mol. The molecule has 0 bridgehead atoms. The lowest BCUT2D eigenvalue weighted by molar-refractivity contribution is 0.276. The van der Waals surface area contributed by atoms with Crippen LogP contribution in [0.25, 0.3) is 0 Å². The highest BCUT2D eigenvalue weighted by Crippen LogP contribution is 2.25. The Labute approximate surface area is 112 Å². The van der Waals surface area contributed by atoms with Crippen molar-refractivity contribution in [1.82, 2.24) is 14.8 Å². The van der Waals surface area contributed by atoms with Crippen molar-refractivity contribution in [3.05, 3.63) is 41.0 Å². The molecule has 0 aliphatic carbocycles. The highest BCUT2D eigenvalue weighted by molar-refractivity contribution is 5.43. The Morgan fingerprint density at radius 3 is 2.53 bits per heavy atom. The van der Waals surface area contributed by atoms with Crippen LogP contribution >= 0.6 is 0 Å². The van der Waals surface area contributed by atoms with Crippen molar-refractivity contribution in [3.8, 4) is 5.75 Å². The number of benzene rings is 1. The Hall–Kier alpha value is -1.88. The molecule has 2 rings (SSSR count). The fourth-order valence-electron chi connectivity index (χ4n) is 2.16. The zero-order chi connectivity index (χ0) is 13.8. The Morgan fingerprint density at radius 1 is 1.26 bits per heavy atom. The van der Waals surface area contributed by atoms with Crippen LogP contribution in [0.15, 0.2) is 18.5 Å². The molecule has 5 nitrogen and oxygen atoms in total. The van der Waals surface area contributed by atoms with Crippen LogP contribution in [0.2, 0.25) is 0 Å². The molecule has 0 amide bonds. The minimum absolute atomic E-state index is 0.0477. The Kier molecular flexibility index (Phi) is 4.16. The van der Waals surface area contributed by atoms with E-state index in [0.717, 1.165) is 34.8 Å². The largest absolute Gasteiger partial charge is 0.485 e. The summed E-state index contributed by atoms with van der Waals surface area (Å²) in [7, 11) is 0. The number of hydrogen-bond acceptors (Lipinski definition) is 4. The second kappa shape index (κ2) is 5.84. The molecule has 2 aromatic rings. The number of rotatable bonds is 5. The fourth-order valence-corrected chi connectivity index (χ4v) is 2.16. The lowest BCUT2D eigenvalue weighted by Crippen LogP contribution is -2.08. The van der Waals surface area contributed by atoms with Crippen LogP contribution < -0.4 is 4.74 Å². The SMILES string of the molecule is CCn1ncnc1COc1c(C)cc(CO)cc1C. The van der Waals surface area contributed by atoms with Crippen molar-refractivity contribution in [3.63, 3.8) is 0 Å². The molecule has 19 heavy (non-hydrogen) atoms. The molecule has 5 heteroatoms. The molecule has 0 aliphatic rings. The summed E-state index contributed by atoms with van der Waals surface area (Å²) >= 11 is 0. The lowest BCUT2D eigenvalue weighted by Gasteiger charge is -2.13. The number of aliphatic hydroxyl groups excluding tert-OH is 1. The van der Waals surface area contributed by atoms with E-state index in [1.165, 1.54) is 6.33 Å². The number of ether oxygens (including phenoxy) is 1. The van der Waals surface area contributed by atoms with E-state index >= 15 is 0 Å². The third-order valence-corrected chi connectivity index (χ3v) is 3.04. The lowest BCUT2D eigenvalue weighted by atomic mass is 10.1. The topological polar surface area (TPSA) is 60.2 Å². The smallest absolute Gasteiger partial charge is 0.164 e. The summed E-state index contributed by atoms with van der Waals surface area (Å²) in [4.78, 5) is 4.18. The van der Waals surface area contributed by atoms with Crippen molar-refractivity contribution in [1.29, 1.82) is 0 Å². The molecule has 0 spiro atoms. The maximum absolute atomic E-state index is 9.16. The van der Waals surface area contributed by atoms with Gasteiger partial charge in [0.05, 0.1) is 6.61 Å². The van der Waals surface area contributed by atoms with Gasteiger partial charge in [-0.25, -0.2) is 9.67 Å². The molecular weight excluding hydrogens is 242 g/mol. The molecule has 0 saturated carbocycles. The first-order valence-electron chi connectivity index (χ1n) is 6.36. The van der Waals surface area contributed by atoms with Crippen molar-refractivity contribution >= 4 is 0 Å². The zero-order valence-corrected chi connectivity index (χ0v) is 11.6. The van der Waals surface area contributed by atoms with Crippen molar-refractivity contribution in [2.45, 2.75) is 40.5 Å². The average Bonchev–Trinajstić information content (AvgIpc) is 2.85. The Morgan fingerprint density at radius 2 is 1.95 bits per heavy atom.